The summed E-state index contributed by atoms with van der Waals surface area (Å²) in [5.41, 5.74) is 2.68. The molecule has 0 fully saturated rings. The summed E-state index contributed by atoms with van der Waals surface area (Å²) in [6.07, 6.45) is 0. The maximum absolute atomic E-state index is 10.8. The molecular formula is C13H12BrN3O2. The summed E-state index contributed by atoms with van der Waals surface area (Å²) < 4.78 is 0.648. The van der Waals surface area contributed by atoms with Gasteiger partial charge in [-0.3, -0.25) is 0 Å². The van der Waals surface area contributed by atoms with Gasteiger partial charge < -0.3 is 10.4 Å². The second-order valence-electron chi connectivity index (χ2n) is 4.10. The van der Waals surface area contributed by atoms with Crippen molar-refractivity contribution in [3.05, 3.63) is 45.7 Å². The Morgan fingerprint density at radius 1 is 1.21 bits per heavy atom. The van der Waals surface area contributed by atoms with Crippen molar-refractivity contribution in [1.82, 2.24) is 9.97 Å². The zero-order valence-electron chi connectivity index (χ0n) is 10.4. The molecular weight excluding hydrogens is 310 g/mol. The van der Waals surface area contributed by atoms with Gasteiger partial charge in [-0.1, -0.05) is 0 Å². The quantitative estimate of drug-likeness (QED) is 0.907. The van der Waals surface area contributed by atoms with Gasteiger partial charge in [0.15, 0.2) is 0 Å². The van der Waals surface area contributed by atoms with E-state index in [1.165, 1.54) is 12.1 Å². The maximum Gasteiger partial charge on any atom is 0.335 e. The van der Waals surface area contributed by atoms with Crippen molar-refractivity contribution in [2.24, 2.45) is 0 Å². The molecule has 98 valence electrons. The van der Waals surface area contributed by atoms with Crippen LogP contribution in [0.2, 0.25) is 0 Å². The summed E-state index contributed by atoms with van der Waals surface area (Å²) in [6, 6.07) is 6.62. The first-order valence-corrected chi connectivity index (χ1v) is 6.37. The van der Waals surface area contributed by atoms with Gasteiger partial charge in [0.2, 0.25) is 5.95 Å². The average molecular weight is 322 g/mol. The van der Waals surface area contributed by atoms with Crippen LogP contribution in [-0.2, 0) is 0 Å². The van der Waals surface area contributed by atoms with Gasteiger partial charge in [-0.25, -0.2) is 14.8 Å². The molecule has 2 rings (SSSR count). The number of nitrogens with zero attached hydrogens (tertiary/aromatic N) is 2. The third-order valence-corrected chi connectivity index (χ3v) is 3.10. The smallest absolute Gasteiger partial charge is 0.335 e. The molecule has 19 heavy (non-hydrogen) atoms. The number of benzene rings is 1. The van der Waals surface area contributed by atoms with Gasteiger partial charge in [-0.05, 0) is 54.0 Å². The van der Waals surface area contributed by atoms with E-state index in [-0.39, 0.29) is 5.56 Å². The second-order valence-corrected chi connectivity index (χ2v) is 4.95. The number of aryl methyl sites for hydroxylation is 2. The highest BCUT2D eigenvalue weighted by Crippen LogP contribution is 2.26. The number of carbonyl (C=O) groups is 1. The van der Waals surface area contributed by atoms with Crippen LogP contribution in [0.5, 0.6) is 0 Å². The molecule has 0 aliphatic heterocycles. The Morgan fingerprint density at radius 2 is 1.84 bits per heavy atom. The van der Waals surface area contributed by atoms with Crippen molar-refractivity contribution < 1.29 is 9.90 Å². The zero-order valence-corrected chi connectivity index (χ0v) is 12.0. The number of hydrogen-bond donors (Lipinski definition) is 2. The summed E-state index contributed by atoms with van der Waals surface area (Å²) in [5, 5.41) is 12.0. The highest BCUT2D eigenvalue weighted by atomic mass is 79.9. The largest absolute Gasteiger partial charge is 0.478 e. The molecule has 0 spiro atoms. The van der Waals surface area contributed by atoms with Crippen molar-refractivity contribution in [2.45, 2.75) is 13.8 Å². The van der Waals surface area contributed by atoms with Crippen molar-refractivity contribution in [1.29, 1.82) is 0 Å². The van der Waals surface area contributed by atoms with Crippen LogP contribution >= 0.6 is 15.9 Å². The molecule has 0 atom stereocenters. The number of rotatable bonds is 3. The first-order valence-electron chi connectivity index (χ1n) is 5.58. The highest BCUT2D eigenvalue weighted by Gasteiger charge is 2.08. The van der Waals surface area contributed by atoms with Crippen LogP contribution in [0.25, 0.3) is 0 Å². The number of carboxylic acids is 1. The third kappa shape index (κ3) is 3.29. The minimum atomic E-state index is -0.963. The number of anilines is 2. The Labute approximate surface area is 118 Å². The summed E-state index contributed by atoms with van der Waals surface area (Å²) in [5.74, 6) is -0.476. The molecule has 0 saturated heterocycles. The fourth-order valence-electron chi connectivity index (χ4n) is 1.65. The van der Waals surface area contributed by atoms with Crippen molar-refractivity contribution in [3.63, 3.8) is 0 Å². The van der Waals surface area contributed by atoms with Gasteiger partial charge in [0, 0.05) is 15.9 Å². The van der Waals surface area contributed by atoms with Crippen LogP contribution in [0, 0.1) is 13.8 Å². The Morgan fingerprint density at radius 3 is 2.37 bits per heavy atom. The SMILES string of the molecule is Cc1cc(C)nc(Nc2ccc(C(=O)O)cc2Br)n1. The number of aromatic carboxylic acids is 1. The molecule has 5 nitrogen and oxygen atoms in total. The van der Waals surface area contributed by atoms with Crippen LogP contribution in [-0.4, -0.2) is 21.0 Å². The minimum Gasteiger partial charge on any atom is -0.478 e. The van der Waals surface area contributed by atoms with Gasteiger partial charge in [0.25, 0.3) is 0 Å². The van der Waals surface area contributed by atoms with Crippen LogP contribution in [0.4, 0.5) is 11.6 Å². The van der Waals surface area contributed by atoms with E-state index < -0.39 is 5.97 Å². The van der Waals surface area contributed by atoms with E-state index in [9.17, 15) is 4.79 Å². The van der Waals surface area contributed by atoms with Gasteiger partial charge in [0.05, 0.1) is 11.3 Å². The number of halogens is 1. The highest BCUT2D eigenvalue weighted by molar-refractivity contribution is 9.10. The Kier molecular flexibility index (Phi) is 3.80. The molecule has 0 amide bonds. The number of hydrogen-bond acceptors (Lipinski definition) is 4. The van der Waals surface area contributed by atoms with E-state index in [1.54, 1.807) is 6.07 Å². The molecule has 0 bridgehead atoms. The number of nitrogens with one attached hydrogen (secondary N) is 1. The van der Waals surface area contributed by atoms with Crippen LogP contribution in [0.3, 0.4) is 0 Å². The molecule has 1 aromatic heterocycles. The monoisotopic (exact) mass is 321 g/mol. The van der Waals surface area contributed by atoms with Gasteiger partial charge in [-0.15, -0.1) is 0 Å². The first-order chi connectivity index (χ1) is 8.95. The number of carboxylic acid groups (broad SMARTS) is 1. The summed E-state index contributed by atoms with van der Waals surface area (Å²) in [4.78, 5) is 19.4. The second kappa shape index (κ2) is 5.36. The predicted octanol–water partition coefficient (Wildman–Crippen LogP) is 3.30. The molecule has 6 heteroatoms. The molecule has 1 heterocycles. The van der Waals surface area contributed by atoms with Gasteiger partial charge in [0.1, 0.15) is 0 Å². The maximum atomic E-state index is 10.8. The van der Waals surface area contributed by atoms with Gasteiger partial charge in [-0.2, -0.15) is 0 Å². The number of aromatic nitrogens is 2. The fourth-order valence-corrected chi connectivity index (χ4v) is 2.13. The Balaban J connectivity index is 2.30. The first kappa shape index (κ1) is 13.5. The molecule has 0 radical (unpaired) electrons. The molecule has 0 unspecified atom stereocenters. The summed E-state index contributed by atoms with van der Waals surface area (Å²) >= 11 is 3.33. The van der Waals surface area contributed by atoms with Crippen LogP contribution in [0.1, 0.15) is 21.7 Å². The van der Waals surface area contributed by atoms with E-state index >= 15 is 0 Å². The summed E-state index contributed by atoms with van der Waals surface area (Å²) in [7, 11) is 0. The summed E-state index contributed by atoms with van der Waals surface area (Å²) in [6.45, 7) is 3.78. The molecule has 0 saturated carbocycles. The zero-order chi connectivity index (χ0) is 14.0. The van der Waals surface area contributed by atoms with Crippen LogP contribution < -0.4 is 5.32 Å². The standard InChI is InChI=1S/C13H12BrN3O2/c1-7-5-8(2)16-13(15-7)17-11-4-3-9(12(18)19)6-10(11)14/h3-6H,1-2H3,(H,18,19)(H,15,16,17). The van der Waals surface area contributed by atoms with Crippen molar-refractivity contribution in [2.75, 3.05) is 5.32 Å². The minimum absolute atomic E-state index is 0.221. The van der Waals surface area contributed by atoms with Crippen molar-refractivity contribution in [3.8, 4) is 0 Å². The van der Waals surface area contributed by atoms with E-state index in [1.807, 2.05) is 19.9 Å². The predicted molar refractivity (Wildman–Crippen MR) is 75.9 cm³/mol. The molecule has 1 aromatic carbocycles. The van der Waals surface area contributed by atoms with Gasteiger partial charge >= 0.3 is 5.97 Å². The molecule has 0 aliphatic rings. The topological polar surface area (TPSA) is 75.1 Å². The van der Waals surface area contributed by atoms with E-state index in [0.717, 1.165) is 17.1 Å². The van der Waals surface area contributed by atoms with E-state index in [4.69, 9.17) is 5.11 Å². The lowest BCUT2D eigenvalue weighted by molar-refractivity contribution is 0.0697. The normalized spacial score (nSPS) is 10.3. The molecule has 0 aliphatic carbocycles. The molecule has 2 N–H and O–H groups in total. The fraction of sp³-hybridized carbons (Fsp3) is 0.154. The van der Waals surface area contributed by atoms with Crippen molar-refractivity contribution >= 4 is 33.5 Å². The van der Waals surface area contributed by atoms with E-state index in [2.05, 4.69) is 31.2 Å². The average Bonchev–Trinajstić information content (AvgIpc) is 2.30. The van der Waals surface area contributed by atoms with E-state index in [0.29, 0.717) is 10.4 Å². The molecule has 2 aromatic rings. The lowest BCUT2D eigenvalue weighted by Gasteiger charge is -2.09. The third-order valence-electron chi connectivity index (χ3n) is 2.44. The lowest BCUT2D eigenvalue weighted by atomic mass is 10.2. The lowest BCUT2D eigenvalue weighted by Crippen LogP contribution is -2.02. The Hall–Kier alpha value is -1.95. The Bertz CT molecular complexity index is 624. The van der Waals surface area contributed by atoms with Crippen LogP contribution in [0.15, 0.2) is 28.7 Å².